The molecule has 8 nitrogen and oxygen atoms in total. The van der Waals surface area contributed by atoms with Crippen molar-refractivity contribution >= 4 is 11.8 Å². The largest absolute Gasteiger partial charge is 0.439 e. The van der Waals surface area contributed by atoms with E-state index in [1.807, 2.05) is 18.2 Å². The Balaban J connectivity index is 1.31. The van der Waals surface area contributed by atoms with Gasteiger partial charge >= 0.3 is 6.18 Å². The first-order chi connectivity index (χ1) is 17.3. The van der Waals surface area contributed by atoms with E-state index >= 15 is 0 Å². The lowest BCUT2D eigenvalue weighted by Gasteiger charge is -2.09. The van der Waals surface area contributed by atoms with Gasteiger partial charge in [-0.1, -0.05) is 36.4 Å². The number of carbonyl (C=O) groups excluding carboxylic acids is 2. The molecule has 4 aromatic rings. The zero-order chi connectivity index (χ0) is 25.5. The Morgan fingerprint density at radius 1 is 0.861 bits per heavy atom. The molecule has 0 aliphatic rings. The molecule has 2 N–H and O–H groups in total. The van der Waals surface area contributed by atoms with Crippen molar-refractivity contribution in [3.8, 4) is 17.3 Å². The van der Waals surface area contributed by atoms with E-state index in [1.165, 1.54) is 18.3 Å². The lowest BCUT2D eigenvalue weighted by Crippen LogP contribution is -2.35. The SMILES string of the molecule is O=C(NCCNC(=O)c1cn(-c2ccccc2)nc1C(F)(F)F)c1ccc(Oc2ccccc2)nc1. The fourth-order valence-electron chi connectivity index (χ4n) is 3.20. The van der Waals surface area contributed by atoms with Crippen molar-refractivity contribution in [3.05, 3.63) is 102 Å². The van der Waals surface area contributed by atoms with Crippen LogP contribution in [0.15, 0.2) is 85.2 Å². The number of aromatic nitrogens is 3. The van der Waals surface area contributed by atoms with E-state index in [0.29, 0.717) is 17.3 Å². The summed E-state index contributed by atoms with van der Waals surface area (Å²) in [5.41, 5.74) is -1.28. The molecule has 0 spiro atoms. The lowest BCUT2D eigenvalue weighted by atomic mass is 10.2. The van der Waals surface area contributed by atoms with Gasteiger partial charge in [-0.25, -0.2) is 9.67 Å². The molecular formula is C25H20F3N5O3. The number of rotatable bonds is 8. The molecular weight excluding hydrogens is 475 g/mol. The second kappa shape index (κ2) is 10.7. The number of ether oxygens (including phenoxy) is 1. The average molecular weight is 495 g/mol. The highest BCUT2D eigenvalue weighted by Gasteiger charge is 2.39. The van der Waals surface area contributed by atoms with Crippen LogP contribution < -0.4 is 15.4 Å². The van der Waals surface area contributed by atoms with E-state index < -0.39 is 29.2 Å². The zero-order valence-electron chi connectivity index (χ0n) is 18.7. The molecule has 2 heterocycles. The summed E-state index contributed by atoms with van der Waals surface area (Å²) in [5.74, 6) is -0.513. The van der Waals surface area contributed by atoms with Gasteiger partial charge in [0.15, 0.2) is 5.69 Å². The summed E-state index contributed by atoms with van der Waals surface area (Å²) < 4.78 is 46.9. The Morgan fingerprint density at radius 2 is 1.50 bits per heavy atom. The summed E-state index contributed by atoms with van der Waals surface area (Å²) in [7, 11) is 0. The minimum Gasteiger partial charge on any atom is -0.439 e. The van der Waals surface area contributed by atoms with Gasteiger partial charge in [-0.2, -0.15) is 18.3 Å². The third-order valence-corrected chi connectivity index (χ3v) is 4.91. The van der Waals surface area contributed by atoms with Crippen LogP contribution in [0.1, 0.15) is 26.4 Å². The molecule has 0 aliphatic carbocycles. The van der Waals surface area contributed by atoms with E-state index in [0.717, 1.165) is 10.9 Å². The van der Waals surface area contributed by atoms with Gasteiger partial charge in [0.1, 0.15) is 5.75 Å². The van der Waals surface area contributed by atoms with Gasteiger partial charge in [0.25, 0.3) is 11.8 Å². The third kappa shape index (κ3) is 6.06. The Hall–Kier alpha value is -4.67. The van der Waals surface area contributed by atoms with Crippen molar-refractivity contribution in [2.45, 2.75) is 6.18 Å². The monoisotopic (exact) mass is 495 g/mol. The van der Waals surface area contributed by atoms with Gasteiger partial charge in [0, 0.05) is 31.5 Å². The number of benzene rings is 2. The van der Waals surface area contributed by atoms with Gasteiger partial charge in [-0.15, -0.1) is 0 Å². The number of nitrogens with zero attached hydrogens (tertiary/aromatic N) is 3. The standard InChI is InChI=1S/C25H20F3N5O3/c26-25(27,28)22-20(16-33(32-22)18-7-3-1-4-8-18)24(35)30-14-13-29-23(34)17-11-12-21(31-15-17)36-19-9-5-2-6-10-19/h1-12,15-16H,13-14H2,(H,29,34)(H,30,35). The molecule has 0 bridgehead atoms. The normalized spacial score (nSPS) is 11.1. The molecule has 0 unspecified atom stereocenters. The number of carbonyl (C=O) groups is 2. The summed E-state index contributed by atoms with van der Waals surface area (Å²) in [5, 5.41) is 8.50. The van der Waals surface area contributed by atoms with E-state index in [1.54, 1.807) is 42.5 Å². The number of hydrogen-bond donors (Lipinski definition) is 2. The second-order valence-corrected chi connectivity index (χ2v) is 7.48. The Labute approximate surface area is 203 Å². The molecule has 4 rings (SSSR count). The van der Waals surface area contributed by atoms with Crippen molar-refractivity contribution in [2.75, 3.05) is 13.1 Å². The van der Waals surface area contributed by atoms with Crippen LogP contribution in [0.25, 0.3) is 5.69 Å². The fraction of sp³-hybridized carbons (Fsp3) is 0.120. The van der Waals surface area contributed by atoms with Crippen LogP contribution in [0, 0.1) is 0 Å². The van der Waals surface area contributed by atoms with Gasteiger partial charge < -0.3 is 15.4 Å². The van der Waals surface area contributed by atoms with Crippen LogP contribution in [0.3, 0.4) is 0 Å². The predicted molar refractivity (Wildman–Crippen MR) is 124 cm³/mol. The molecule has 2 amide bonds. The van der Waals surface area contributed by atoms with Crippen LogP contribution in [-0.2, 0) is 6.18 Å². The minimum absolute atomic E-state index is 0.0129. The molecule has 36 heavy (non-hydrogen) atoms. The van der Waals surface area contributed by atoms with Crippen molar-refractivity contribution < 1.29 is 27.5 Å². The summed E-state index contributed by atoms with van der Waals surface area (Å²) in [6, 6.07) is 20.2. The highest BCUT2D eigenvalue weighted by Crippen LogP contribution is 2.31. The number of halogens is 3. The number of nitrogens with one attached hydrogen (secondary N) is 2. The zero-order valence-corrected chi connectivity index (χ0v) is 18.7. The smallest absolute Gasteiger partial charge is 0.435 e. The first-order valence-electron chi connectivity index (χ1n) is 10.8. The molecule has 0 atom stereocenters. The average Bonchev–Trinajstić information content (AvgIpc) is 3.35. The Kier molecular flexibility index (Phi) is 7.28. The molecule has 0 radical (unpaired) electrons. The van der Waals surface area contributed by atoms with Crippen molar-refractivity contribution in [1.29, 1.82) is 0 Å². The highest BCUT2D eigenvalue weighted by atomic mass is 19.4. The van der Waals surface area contributed by atoms with E-state index in [2.05, 4.69) is 20.7 Å². The molecule has 2 aromatic heterocycles. The number of alkyl halides is 3. The van der Waals surface area contributed by atoms with Crippen LogP contribution in [0.2, 0.25) is 0 Å². The second-order valence-electron chi connectivity index (χ2n) is 7.48. The topological polar surface area (TPSA) is 98.1 Å². The summed E-state index contributed by atoms with van der Waals surface area (Å²) >= 11 is 0. The minimum atomic E-state index is -4.82. The molecule has 0 saturated heterocycles. The molecule has 0 saturated carbocycles. The molecule has 0 fully saturated rings. The van der Waals surface area contributed by atoms with E-state index in [4.69, 9.17) is 4.74 Å². The number of pyridine rings is 1. The van der Waals surface area contributed by atoms with Gasteiger partial charge in [0.2, 0.25) is 5.88 Å². The summed E-state index contributed by atoms with van der Waals surface area (Å²) in [6.07, 6.45) is -2.46. The highest BCUT2D eigenvalue weighted by molar-refractivity contribution is 5.96. The summed E-state index contributed by atoms with van der Waals surface area (Å²) in [4.78, 5) is 28.8. The maximum absolute atomic E-state index is 13.4. The summed E-state index contributed by atoms with van der Waals surface area (Å²) in [6.45, 7) is -0.109. The maximum atomic E-state index is 13.4. The number of para-hydroxylation sites is 2. The first kappa shape index (κ1) is 24.5. The number of hydrogen-bond acceptors (Lipinski definition) is 5. The number of amides is 2. The quantitative estimate of drug-likeness (QED) is 0.357. The third-order valence-electron chi connectivity index (χ3n) is 4.91. The van der Waals surface area contributed by atoms with Gasteiger partial charge in [0.05, 0.1) is 16.8 Å². The van der Waals surface area contributed by atoms with Crippen molar-refractivity contribution in [2.24, 2.45) is 0 Å². The maximum Gasteiger partial charge on any atom is 0.435 e. The van der Waals surface area contributed by atoms with Crippen LogP contribution in [0.4, 0.5) is 13.2 Å². The van der Waals surface area contributed by atoms with Crippen LogP contribution in [0.5, 0.6) is 11.6 Å². The van der Waals surface area contributed by atoms with Crippen molar-refractivity contribution in [1.82, 2.24) is 25.4 Å². The van der Waals surface area contributed by atoms with Gasteiger partial charge in [-0.05, 0) is 30.3 Å². The van der Waals surface area contributed by atoms with Crippen molar-refractivity contribution in [3.63, 3.8) is 0 Å². The van der Waals surface area contributed by atoms with Gasteiger partial charge in [-0.3, -0.25) is 9.59 Å². The van der Waals surface area contributed by atoms with E-state index in [-0.39, 0.29) is 18.7 Å². The van der Waals surface area contributed by atoms with Crippen LogP contribution in [-0.4, -0.2) is 39.7 Å². The fourth-order valence-corrected chi connectivity index (χ4v) is 3.20. The Morgan fingerprint density at radius 3 is 2.11 bits per heavy atom. The molecule has 0 aliphatic heterocycles. The molecule has 2 aromatic carbocycles. The first-order valence-corrected chi connectivity index (χ1v) is 10.8. The molecule has 184 valence electrons. The Bertz CT molecular complexity index is 1320. The van der Waals surface area contributed by atoms with E-state index in [9.17, 15) is 22.8 Å². The lowest BCUT2D eigenvalue weighted by molar-refractivity contribution is -0.141. The van der Waals surface area contributed by atoms with Crippen LogP contribution >= 0.6 is 0 Å². The predicted octanol–water partition coefficient (Wildman–Crippen LogP) is 4.24. The molecule has 11 heteroatoms.